The molecule has 0 unspecified atom stereocenters. The SMILES string of the molecule is CC(C)c1c(C(=O)O)[nH]c2cc(C3CCN(C(=O)OC(C)(C)C)CC3)sc12. The van der Waals surface area contributed by atoms with Gasteiger partial charge in [-0.25, -0.2) is 9.59 Å². The molecule has 0 spiro atoms. The molecular weight excluding hydrogens is 364 g/mol. The van der Waals surface area contributed by atoms with E-state index in [9.17, 15) is 14.7 Å². The molecule has 27 heavy (non-hydrogen) atoms. The molecule has 1 aliphatic heterocycles. The van der Waals surface area contributed by atoms with E-state index in [2.05, 4.69) is 11.1 Å². The van der Waals surface area contributed by atoms with E-state index in [1.54, 1.807) is 16.2 Å². The molecule has 0 aliphatic carbocycles. The van der Waals surface area contributed by atoms with Crippen LogP contribution < -0.4 is 0 Å². The number of likely N-dealkylation sites (tertiary alicyclic amines) is 1. The van der Waals surface area contributed by atoms with Crippen LogP contribution in [0.25, 0.3) is 10.2 Å². The summed E-state index contributed by atoms with van der Waals surface area (Å²) in [6.45, 7) is 11.0. The number of carbonyl (C=O) groups excluding carboxylic acids is 1. The van der Waals surface area contributed by atoms with Crippen LogP contribution >= 0.6 is 11.3 Å². The van der Waals surface area contributed by atoms with Crippen LogP contribution in [0, 0.1) is 0 Å². The number of carboxylic acid groups (broad SMARTS) is 1. The van der Waals surface area contributed by atoms with Gasteiger partial charge in [0.1, 0.15) is 11.3 Å². The number of aromatic nitrogens is 1. The fourth-order valence-corrected chi connectivity index (χ4v) is 5.09. The average molecular weight is 393 g/mol. The largest absolute Gasteiger partial charge is 0.477 e. The van der Waals surface area contributed by atoms with E-state index in [4.69, 9.17) is 4.74 Å². The molecule has 0 bridgehead atoms. The van der Waals surface area contributed by atoms with Crippen LogP contribution in [0.5, 0.6) is 0 Å². The smallest absolute Gasteiger partial charge is 0.410 e. The quantitative estimate of drug-likeness (QED) is 0.755. The fraction of sp³-hybridized carbons (Fsp3) is 0.600. The predicted octanol–water partition coefficient (Wildman–Crippen LogP) is 5.17. The molecule has 148 valence electrons. The number of carboxylic acids is 1. The summed E-state index contributed by atoms with van der Waals surface area (Å²) >= 11 is 1.69. The number of aromatic amines is 1. The van der Waals surface area contributed by atoms with Gasteiger partial charge in [0.05, 0.1) is 10.2 Å². The number of amides is 1. The fourth-order valence-electron chi connectivity index (χ4n) is 3.61. The summed E-state index contributed by atoms with van der Waals surface area (Å²) in [6.07, 6.45) is 1.54. The molecule has 3 heterocycles. The van der Waals surface area contributed by atoms with Crippen LogP contribution in [0.1, 0.15) is 80.2 Å². The molecule has 7 heteroatoms. The zero-order valence-corrected chi connectivity index (χ0v) is 17.4. The van der Waals surface area contributed by atoms with Crippen LogP contribution in [0.2, 0.25) is 0 Å². The number of hydrogen-bond acceptors (Lipinski definition) is 4. The Balaban J connectivity index is 1.74. The topological polar surface area (TPSA) is 82.6 Å². The number of hydrogen-bond donors (Lipinski definition) is 2. The molecule has 0 atom stereocenters. The van der Waals surface area contributed by atoms with Crippen molar-refractivity contribution in [3.05, 3.63) is 22.2 Å². The van der Waals surface area contributed by atoms with Crippen molar-refractivity contribution < 1.29 is 19.4 Å². The number of H-pyrrole nitrogens is 1. The Morgan fingerprint density at radius 2 is 1.93 bits per heavy atom. The zero-order valence-electron chi connectivity index (χ0n) is 16.6. The monoisotopic (exact) mass is 392 g/mol. The van der Waals surface area contributed by atoms with Crippen LogP contribution in [0.4, 0.5) is 4.79 Å². The first-order valence-electron chi connectivity index (χ1n) is 9.43. The van der Waals surface area contributed by atoms with Crippen molar-refractivity contribution in [3.8, 4) is 0 Å². The Hall–Kier alpha value is -2.02. The van der Waals surface area contributed by atoms with Crippen molar-refractivity contribution in [3.63, 3.8) is 0 Å². The van der Waals surface area contributed by atoms with Gasteiger partial charge in [-0.15, -0.1) is 11.3 Å². The Labute approximate surface area is 163 Å². The number of rotatable bonds is 3. The molecule has 2 aromatic heterocycles. The van der Waals surface area contributed by atoms with E-state index in [0.29, 0.717) is 24.7 Å². The lowest BCUT2D eigenvalue weighted by Gasteiger charge is -2.33. The molecule has 0 radical (unpaired) electrons. The minimum Gasteiger partial charge on any atom is -0.477 e. The van der Waals surface area contributed by atoms with Crippen molar-refractivity contribution >= 4 is 33.6 Å². The number of aromatic carboxylic acids is 1. The third-order valence-corrected chi connectivity index (χ3v) is 6.20. The predicted molar refractivity (Wildman–Crippen MR) is 107 cm³/mol. The van der Waals surface area contributed by atoms with Gasteiger partial charge < -0.3 is 19.7 Å². The van der Waals surface area contributed by atoms with Crippen LogP contribution in [-0.4, -0.2) is 45.7 Å². The second-order valence-electron chi connectivity index (χ2n) is 8.51. The summed E-state index contributed by atoms with van der Waals surface area (Å²) in [5.41, 5.74) is 1.62. The highest BCUT2D eigenvalue weighted by Gasteiger charge is 2.29. The third-order valence-electron chi connectivity index (χ3n) is 4.87. The van der Waals surface area contributed by atoms with Gasteiger partial charge in [-0.1, -0.05) is 13.8 Å². The van der Waals surface area contributed by atoms with Crippen LogP contribution in [0.15, 0.2) is 6.07 Å². The van der Waals surface area contributed by atoms with E-state index >= 15 is 0 Å². The molecule has 1 saturated heterocycles. The minimum atomic E-state index is -0.908. The van der Waals surface area contributed by atoms with E-state index in [-0.39, 0.29) is 12.0 Å². The molecule has 2 aromatic rings. The van der Waals surface area contributed by atoms with Gasteiger partial charge in [0.25, 0.3) is 0 Å². The number of ether oxygens (including phenoxy) is 1. The lowest BCUT2D eigenvalue weighted by molar-refractivity contribution is 0.0205. The summed E-state index contributed by atoms with van der Waals surface area (Å²) < 4.78 is 6.51. The highest BCUT2D eigenvalue weighted by atomic mass is 32.1. The first kappa shape index (κ1) is 19.7. The summed E-state index contributed by atoms with van der Waals surface area (Å²) in [7, 11) is 0. The first-order chi connectivity index (χ1) is 12.6. The number of piperidine rings is 1. The van der Waals surface area contributed by atoms with Gasteiger partial charge in [-0.3, -0.25) is 0 Å². The number of carbonyl (C=O) groups is 2. The minimum absolute atomic E-state index is 0.144. The van der Waals surface area contributed by atoms with Gasteiger partial charge in [0, 0.05) is 23.5 Å². The van der Waals surface area contributed by atoms with E-state index in [1.165, 1.54) is 4.88 Å². The maximum absolute atomic E-state index is 12.2. The molecule has 2 N–H and O–H groups in total. The number of thiophene rings is 1. The van der Waals surface area contributed by atoms with E-state index in [0.717, 1.165) is 28.6 Å². The van der Waals surface area contributed by atoms with Crippen molar-refractivity contribution in [1.29, 1.82) is 0 Å². The summed E-state index contributed by atoms with van der Waals surface area (Å²) in [4.78, 5) is 29.9. The molecule has 0 aromatic carbocycles. The first-order valence-corrected chi connectivity index (χ1v) is 10.2. The zero-order chi connectivity index (χ0) is 19.9. The van der Waals surface area contributed by atoms with Gasteiger partial charge >= 0.3 is 12.1 Å². The Morgan fingerprint density at radius 3 is 2.44 bits per heavy atom. The summed E-state index contributed by atoms with van der Waals surface area (Å²) in [5, 5.41) is 9.44. The Bertz CT molecular complexity index is 851. The molecule has 1 aliphatic rings. The van der Waals surface area contributed by atoms with Crippen molar-refractivity contribution in [2.75, 3.05) is 13.1 Å². The molecule has 1 amide bonds. The maximum Gasteiger partial charge on any atom is 0.410 e. The molecule has 3 rings (SSSR count). The number of fused-ring (bicyclic) bond motifs is 1. The maximum atomic E-state index is 12.2. The van der Waals surface area contributed by atoms with Crippen molar-refractivity contribution in [2.45, 2.75) is 64.9 Å². The van der Waals surface area contributed by atoms with Crippen molar-refractivity contribution in [1.82, 2.24) is 9.88 Å². The van der Waals surface area contributed by atoms with E-state index < -0.39 is 11.6 Å². The van der Waals surface area contributed by atoms with Crippen LogP contribution in [-0.2, 0) is 4.74 Å². The lowest BCUT2D eigenvalue weighted by atomic mass is 9.95. The van der Waals surface area contributed by atoms with E-state index in [1.807, 2.05) is 34.6 Å². The average Bonchev–Trinajstić information content (AvgIpc) is 3.10. The Kier molecular flexibility index (Phi) is 5.25. The van der Waals surface area contributed by atoms with Crippen LogP contribution in [0.3, 0.4) is 0 Å². The molecular formula is C20H28N2O4S. The normalized spacial score (nSPS) is 16.3. The highest BCUT2D eigenvalue weighted by molar-refractivity contribution is 7.19. The van der Waals surface area contributed by atoms with Gasteiger partial charge in [-0.2, -0.15) is 0 Å². The molecule has 1 fully saturated rings. The molecule has 6 nitrogen and oxygen atoms in total. The highest BCUT2D eigenvalue weighted by Crippen LogP contribution is 2.40. The third kappa shape index (κ3) is 4.13. The summed E-state index contributed by atoms with van der Waals surface area (Å²) in [6, 6.07) is 2.09. The number of nitrogens with zero attached hydrogens (tertiary/aromatic N) is 1. The second-order valence-corrected chi connectivity index (χ2v) is 9.59. The second kappa shape index (κ2) is 7.19. The summed E-state index contributed by atoms with van der Waals surface area (Å²) in [5.74, 6) is -0.373. The Morgan fingerprint density at radius 1 is 1.30 bits per heavy atom. The standard InChI is InChI=1S/C20H28N2O4S/c1-11(2)15-16(18(23)24)21-13-10-14(27-17(13)15)12-6-8-22(9-7-12)19(25)26-20(3,4)5/h10-12,21H,6-9H2,1-5H3,(H,23,24). The number of nitrogens with one attached hydrogen (secondary N) is 1. The van der Waals surface area contributed by atoms with Crippen molar-refractivity contribution in [2.24, 2.45) is 0 Å². The van der Waals surface area contributed by atoms with Gasteiger partial charge in [0.2, 0.25) is 0 Å². The lowest BCUT2D eigenvalue weighted by Crippen LogP contribution is -2.41. The van der Waals surface area contributed by atoms with Gasteiger partial charge in [0.15, 0.2) is 0 Å². The molecule has 0 saturated carbocycles. The van der Waals surface area contributed by atoms with Gasteiger partial charge in [-0.05, 0) is 51.5 Å².